The van der Waals surface area contributed by atoms with Gasteiger partial charge in [-0.15, -0.1) is 0 Å². The maximum Gasteiger partial charge on any atom is 0.346 e. The van der Waals surface area contributed by atoms with Crippen LogP contribution in [0.25, 0.3) is 44.5 Å². The Morgan fingerprint density at radius 2 is 0.611 bits per heavy atom. The Bertz CT molecular complexity index is 3300. The van der Waals surface area contributed by atoms with Crippen molar-refractivity contribution in [3.8, 4) is 79.0 Å². The average Bonchev–Trinajstić information content (AvgIpc) is 3.34. The van der Waals surface area contributed by atoms with Crippen molar-refractivity contribution < 1.29 is 61.6 Å². The van der Waals surface area contributed by atoms with Crippen LogP contribution in [0.1, 0.15) is 41.5 Å². The summed E-state index contributed by atoms with van der Waals surface area (Å²) in [5.74, 6) is -4.44. The number of esters is 6. The Morgan fingerprint density at radius 3 is 0.958 bits per heavy atom. The number of carbonyl (C=O) groups excluding carboxylic acids is 6. The van der Waals surface area contributed by atoms with Crippen molar-refractivity contribution in [3.05, 3.63) is 199 Å². The zero-order chi connectivity index (χ0) is 52.4. The summed E-state index contributed by atoms with van der Waals surface area (Å²) in [7, 11) is 0. The number of hydrogen-bond acceptors (Lipinski definition) is 12. The third-order valence-corrected chi connectivity index (χ3v) is 10.3. The van der Waals surface area contributed by atoms with E-state index in [0.29, 0.717) is 33.6 Å². The monoisotopic (exact) mass is 966 g/mol. The van der Waals surface area contributed by atoms with Crippen molar-refractivity contribution in [1.82, 2.24) is 0 Å². The molecular weight excluding hydrogens is 920 g/mol. The largest absolute Gasteiger partial charge is 0.423 e. The highest BCUT2D eigenvalue weighted by atomic mass is 19.1. The van der Waals surface area contributed by atoms with Crippen LogP contribution in [0.2, 0.25) is 0 Å². The maximum atomic E-state index is 15.7. The molecule has 6 rings (SSSR count). The van der Waals surface area contributed by atoms with Crippen LogP contribution in [0.15, 0.2) is 193 Å². The van der Waals surface area contributed by atoms with Gasteiger partial charge >= 0.3 is 35.8 Å². The molecule has 0 amide bonds. The molecule has 0 heterocycles. The molecule has 0 aliphatic rings. The van der Waals surface area contributed by atoms with Crippen LogP contribution in [0.4, 0.5) is 4.39 Å². The Kier molecular flexibility index (Phi) is 16.4. The Morgan fingerprint density at radius 1 is 0.333 bits per heavy atom. The van der Waals surface area contributed by atoms with Crippen LogP contribution in [0, 0.1) is 5.82 Å². The van der Waals surface area contributed by atoms with E-state index in [9.17, 15) is 28.8 Å². The van der Waals surface area contributed by atoms with Crippen molar-refractivity contribution in [3.63, 3.8) is 0 Å². The summed E-state index contributed by atoms with van der Waals surface area (Å²) < 4.78 is 48.6. The Labute approximate surface area is 415 Å². The normalized spacial score (nSPS) is 10.4. The molecule has 6 aromatic carbocycles. The van der Waals surface area contributed by atoms with Gasteiger partial charge in [0.2, 0.25) is 0 Å². The van der Waals surface area contributed by atoms with E-state index in [0.717, 1.165) is 11.1 Å². The fourth-order valence-electron chi connectivity index (χ4n) is 6.44. The smallest absolute Gasteiger partial charge is 0.346 e. The number of ether oxygens (including phenoxy) is 6. The van der Waals surface area contributed by atoms with Gasteiger partial charge in [0.25, 0.3) is 0 Å². The molecular formula is C59H47FO12. The lowest BCUT2D eigenvalue weighted by molar-refractivity contribution is -0.131. The molecule has 12 nitrogen and oxygen atoms in total. The molecule has 0 aromatic heterocycles. The first-order valence-electron chi connectivity index (χ1n) is 21.9. The lowest BCUT2D eigenvalue weighted by Gasteiger charge is -2.12. The predicted octanol–water partition coefficient (Wildman–Crippen LogP) is 12.4. The highest BCUT2D eigenvalue weighted by molar-refractivity contribution is 5.95. The van der Waals surface area contributed by atoms with Crippen LogP contribution < -0.4 is 28.4 Å². The molecule has 13 heteroatoms. The molecule has 0 aliphatic heterocycles. The molecule has 0 aliphatic carbocycles. The highest BCUT2D eigenvalue weighted by Crippen LogP contribution is 2.36. The van der Waals surface area contributed by atoms with Crippen LogP contribution in [-0.4, -0.2) is 35.8 Å². The van der Waals surface area contributed by atoms with E-state index < -0.39 is 41.6 Å². The minimum atomic E-state index is -0.933. The standard InChI is InChI=1S/C59H47FO12/c1-33(2)54(61)67-46-20-15-40(16-21-46)39-11-13-41(14-12-39)44-26-48(69-56(63)35(5)6)31-50(27-44)71-58(65)37(9)25-38(10)59(66)72-51-29-45(28-49(32-51)70-57(64)36(7)8)43-19-24-52(53(60)30-43)42-17-22-47(23-18-42)68-55(62)34(3)4/h11-24,26-32H,1,3,5,7H2,2,4,6,8-10H3. The van der Waals surface area contributed by atoms with E-state index in [2.05, 4.69) is 32.0 Å². The van der Waals surface area contributed by atoms with Gasteiger partial charge in [0.05, 0.1) is 11.1 Å². The highest BCUT2D eigenvalue weighted by Gasteiger charge is 2.18. The molecule has 362 valence electrons. The molecule has 0 bridgehead atoms. The van der Waals surface area contributed by atoms with E-state index in [1.54, 1.807) is 61.5 Å². The summed E-state index contributed by atoms with van der Waals surface area (Å²) in [6.07, 6.45) is 0. The quantitative estimate of drug-likeness (QED) is 0.0392. The molecule has 0 radical (unpaired) electrons. The van der Waals surface area contributed by atoms with E-state index in [1.807, 2.05) is 24.3 Å². The fraction of sp³-hybridized carbons (Fsp3) is 0.102. The van der Waals surface area contributed by atoms with Crippen molar-refractivity contribution in [2.45, 2.75) is 41.5 Å². The molecule has 0 saturated carbocycles. The van der Waals surface area contributed by atoms with E-state index in [1.165, 1.54) is 83.1 Å². The number of rotatable bonds is 16. The van der Waals surface area contributed by atoms with Crippen molar-refractivity contribution >= 4 is 35.8 Å². The zero-order valence-electron chi connectivity index (χ0n) is 40.2. The molecule has 0 atom stereocenters. The summed E-state index contributed by atoms with van der Waals surface area (Å²) in [5, 5.41) is 0. The minimum absolute atomic E-state index is 0.00463. The van der Waals surface area contributed by atoms with Crippen molar-refractivity contribution in [2.24, 2.45) is 0 Å². The van der Waals surface area contributed by atoms with Crippen LogP contribution >= 0.6 is 0 Å². The zero-order valence-corrected chi connectivity index (χ0v) is 40.2. The lowest BCUT2D eigenvalue weighted by atomic mass is 9.99. The third kappa shape index (κ3) is 13.6. The summed E-state index contributed by atoms with van der Waals surface area (Å²) in [4.78, 5) is 76.0. The van der Waals surface area contributed by atoms with Gasteiger partial charge in [-0.3, -0.25) is 0 Å². The van der Waals surface area contributed by atoms with Gasteiger partial charge in [-0.05, 0) is 135 Å². The first kappa shape index (κ1) is 51.9. The predicted molar refractivity (Wildman–Crippen MR) is 270 cm³/mol. The second kappa shape index (κ2) is 22.8. The van der Waals surface area contributed by atoms with E-state index in [-0.39, 0.29) is 67.7 Å². The van der Waals surface area contributed by atoms with Gasteiger partial charge in [-0.1, -0.05) is 92.7 Å². The topological polar surface area (TPSA) is 158 Å². The molecule has 0 saturated heterocycles. The second-order valence-corrected chi connectivity index (χ2v) is 16.5. The molecule has 0 fully saturated rings. The molecule has 0 N–H and O–H groups in total. The van der Waals surface area contributed by atoms with Gasteiger partial charge in [0.15, 0.2) is 0 Å². The Balaban J connectivity index is 1.22. The number of hydrogen-bond donors (Lipinski definition) is 0. The average molecular weight is 967 g/mol. The van der Waals surface area contributed by atoms with Gasteiger partial charge in [-0.25, -0.2) is 33.2 Å². The van der Waals surface area contributed by atoms with Crippen LogP contribution in [-0.2, 0) is 28.8 Å². The first-order chi connectivity index (χ1) is 34.1. The van der Waals surface area contributed by atoms with E-state index >= 15 is 4.39 Å². The summed E-state index contributed by atoms with van der Waals surface area (Å²) in [5.41, 5.74) is 7.47. The Hall–Kier alpha value is -9.45. The molecule has 6 aromatic rings. The maximum absolute atomic E-state index is 15.7. The van der Waals surface area contributed by atoms with Gasteiger partial charge in [0, 0.05) is 40.0 Å². The van der Waals surface area contributed by atoms with Gasteiger partial charge in [0.1, 0.15) is 40.3 Å². The summed E-state index contributed by atoms with van der Waals surface area (Å²) in [6, 6.07) is 33.7. The number of carbonyl (C=O) groups is 6. The van der Waals surface area contributed by atoms with Crippen molar-refractivity contribution in [2.75, 3.05) is 0 Å². The first-order valence-corrected chi connectivity index (χ1v) is 21.9. The fourth-order valence-corrected chi connectivity index (χ4v) is 6.44. The minimum Gasteiger partial charge on any atom is -0.423 e. The van der Waals surface area contributed by atoms with Crippen molar-refractivity contribution in [1.29, 1.82) is 0 Å². The van der Waals surface area contributed by atoms with Gasteiger partial charge in [-0.2, -0.15) is 0 Å². The molecule has 72 heavy (non-hydrogen) atoms. The van der Waals surface area contributed by atoms with Gasteiger partial charge < -0.3 is 28.4 Å². The molecule has 0 spiro atoms. The summed E-state index contributed by atoms with van der Waals surface area (Å²) in [6.45, 7) is 23.2. The molecule has 0 unspecified atom stereocenters. The van der Waals surface area contributed by atoms with E-state index in [4.69, 9.17) is 28.4 Å². The SMILES string of the molecule is C=C(C)C(=O)Oc1ccc(-c2ccc(-c3cc(OC(=O)C(=C)C)cc(OC(=O)C(C)=C=C(C)C(=O)Oc4cc(OC(=O)C(=C)C)cc(-c5ccc(-c6ccc(OC(=O)C(=C)C)cc6)c(F)c5)c4)c3)cc2)cc1. The second-order valence-electron chi connectivity index (χ2n) is 16.5. The summed E-state index contributed by atoms with van der Waals surface area (Å²) >= 11 is 0. The van der Waals surface area contributed by atoms with Crippen LogP contribution in [0.3, 0.4) is 0 Å². The number of halogens is 1. The van der Waals surface area contributed by atoms with Crippen LogP contribution in [0.5, 0.6) is 34.5 Å². The third-order valence-electron chi connectivity index (χ3n) is 10.3. The lowest BCUT2D eigenvalue weighted by Crippen LogP contribution is -2.12. The number of benzene rings is 6.